The molecule has 43 heavy (non-hydrogen) atoms. The number of esters is 1. The molecule has 4 N–H and O–H groups in total. The number of nitrogens with zero attached hydrogens (tertiary/aromatic N) is 1. The van der Waals surface area contributed by atoms with Gasteiger partial charge in [0.2, 0.25) is 17.7 Å². The fourth-order valence-electron chi connectivity index (χ4n) is 5.13. The van der Waals surface area contributed by atoms with E-state index in [0.29, 0.717) is 18.4 Å². The minimum Gasteiger partial charge on any atom is -0.506 e. The number of hydrogen-bond donors (Lipinski definition) is 4. The second-order valence-electron chi connectivity index (χ2n) is 10.9. The number of cyclic esters (lactones) is 1. The van der Waals surface area contributed by atoms with Crippen molar-refractivity contribution in [2.24, 2.45) is 0 Å². The van der Waals surface area contributed by atoms with Gasteiger partial charge >= 0.3 is 5.97 Å². The third-order valence-corrected chi connectivity index (χ3v) is 7.94. The number of hydrogen-bond acceptors (Lipinski definition) is 6. The van der Waals surface area contributed by atoms with Crippen LogP contribution >= 0.6 is 11.6 Å². The minimum absolute atomic E-state index is 0.0624. The molecule has 2 aromatic carbocycles. The van der Waals surface area contributed by atoms with Gasteiger partial charge in [0.15, 0.2) is 0 Å². The number of allylic oxidation sites excluding steroid dienone is 1. The van der Waals surface area contributed by atoms with Crippen molar-refractivity contribution in [3.05, 3.63) is 76.5 Å². The van der Waals surface area contributed by atoms with Crippen LogP contribution in [0.15, 0.2) is 60.3 Å². The molecular formula is C32H37ClN4O6. The number of aromatic hydroxyl groups is 1. The smallest absolute Gasteiger partial charge is 0.308 e. The molecule has 11 heteroatoms. The third-order valence-electron chi connectivity index (χ3n) is 7.64. The summed E-state index contributed by atoms with van der Waals surface area (Å²) in [5.41, 5.74) is 3.15. The fourth-order valence-corrected chi connectivity index (χ4v) is 5.31. The Bertz CT molecular complexity index is 1530. The lowest BCUT2D eigenvalue weighted by molar-refractivity contribution is -0.145. The molecule has 3 aromatic rings. The van der Waals surface area contributed by atoms with Gasteiger partial charge in [-0.15, -0.1) is 0 Å². The molecule has 1 aromatic heterocycles. The number of benzene rings is 2. The number of aromatic nitrogens is 1. The van der Waals surface area contributed by atoms with Crippen molar-refractivity contribution in [2.75, 3.05) is 13.7 Å². The molecule has 4 rings (SSSR count). The van der Waals surface area contributed by atoms with Gasteiger partial charge in [0, 0.05) is 37.0 Å². The lowest BCUT2D eigenvalue weighted by atomic mass is 9.99. The molecule has 0 unspecified atom stereocenters. The zero-order chi connectivity index (χ0) is 31.1. The highest BCUT2D eigenvalue weighted by Gasteiger charge is 2.33. The zero-order valence-electron chi connectivity index (χ0n) is 24.5. The van der Waals surface area contributed by atoms with Crippen LogP contribution in [-0.2, 0) is 30.3 Å². The Morgan fingerprint density at radius 2 is 1.84 bits per heavy atom. The number of rotatable bonds is 3. The molecule has 3 amide bonds. The van der Waals surface area contributed by atoms with E-state index in [4.69, 9.17) is 16.3 Å². The Morgan fingerprint density at radius 3 is 2.60 bits per heavy atom. The Morgan fingerprint density at radius 1 is 1.07 bits per heavy atom. The van der Waals surface area contributed by atoms with Crippen LogP contribution in [-0.4, -0.2) is 64.4 Å². The SMILES string of the molecule is C/C1=C/CCOC(=O)C[C@H](c2ccc(O)c(Cl)c2)NC(=O)[C@@H](Cc2c[nH]c3ccccc23)N(C)C(=O)[C@H](C)NC(=O)CC1. The third kappa shape index (κ3) is 8.16. The lowest BCUT2D eigenvalue weighted by Gasteiger charge is -2.31. The first kappa shape index (κ1) is 31.6. The number of fused-ring (bicyclic) bond motifs is 1. The van der Waals surface area contributed by atoms with Gasteiger partial charge in [-0.1, -0.05) is 47.5 Å². The normalized spacial score (nSPS) is 23.0. The van der Waals surface area contributed by atoms with E-state index in [0.717, 1.165) is 22.0 Å². The highest BCUT2D eigenvalue weighted by Crippen LogP contribution is 2.29. The highest BCUT2D eigenvalue weighted by atomic mass is 35.5. The van der Waals surface area contributed by atoms with Crippen molar-refractivity contribution < 1.29 is 29.0 Å². The topological polar surface area (TPSA) is 141 Å². The summed E-state index contributed by atoms with van der Waals surface area (Å²) < 4.78 is 5.45. The number of likely N-dealkylation sites (N-methyl/N-ethyl adjacent to an activating group) is 1. The number of phenolic OH excluding ortho intramolecular Hbond substituents is 1. The second-order valence-corrected chi connectivity index (χ2v) is 11.3. The maximum absolute atomic E-state index is 14.0. The molecule has 0 saturated carbocycles. The summed E-state index contributed by atoms with van der Waals surface area (Å²) in [6.07, 6.45) is 4.83. The van der Waals surface area contributed by atoms with E-state index >= 15 is 0 Å². The summed E-state index contributed by atoms with van der Waals surface area (Å²) in [5, 5.41) is 16.6. The largest absolute Gasteiger partial charge is 0.506 e. The van der Waals surface area contributed by atoms with E-state index in [2.05, 4.69) is 15.6 Å². The molecule has 0 fully saturated rings. The van der Waals surface area contributed by atoms with Gasteiger partial charge in [0.1, 0.15) is 17.8 Å². The number of ether oxygens (including phenoxy) is 1. The molecular weight excluding hydrogens is 572 g/mol. The second kappa shape index (κ2) is 14.2. The van der Waals surface area contributed by atoms with E-state index in [1.165, 1.54) is 24.1 Å². The Balaban J connectivity index is 1.70. The molecule has 0 radical (unpaired) electrons. The van der Waals surface area contributed by atoms with E-state index in [1.54, 1.807) is 19.2 Å². The molecule has 3 atom stereocenters. The van der Waals surface area contributed by atoms with E-state index in [-0.39, 0.29) is 42.5 Å². The Labute approximate surface area is 255 Å². The summed E-state index contributed by atoms with van der Waals surface area (Å²) in [7, 11) is 1.52. The zero-order valence-corrected chi connectivity index (χ0v) is 25.2. The van der Waals surface area contributed by atoms with Gasteiger partial charge in [-0.25, -0.2) is 0 Å². The van der Waals surface area contributed by atoms with Crippen LogP contribution in [0.5, 0.6) is 5.75 Å². The number of aromatic amines is 1. The Kier molecular flexibility index (Phi) is 10.5. The van der Waals surface area contributed by atoms with Gasteiger partial charge in [-0.2, -0.15) is 0 Å². The molecule has 228 valence electrons. The average molecular weight is 609 g/mol. The standard InChI is InChI=1S/C32H37ClN4O6/c1-19-7-6-14-43-30(40)17-26(21-11-12-28(38)24(33)15-21)36-31(41)27(16-22-18-34-25-9-5-4-8-23(22)25)37(3)32(42)20(2)35-29(39)13-10-19/h4-5,7-9,11-12,15,18,20,26-27,34,38H,6,10,13-14,16-17H2,1-3H3,(H,35,39)(H,36,41)/b19-7-/t20-,26+,27+/m0/s1. The molecule has 1 aliphatic rings. The maximum Gasteiger partial charge on any atom is 0.308 e. The van der Waals surface area contributed by atoms with Crippen LogP contribution in [0.3, 0.4) is 0 Å². The first-order chi connectivity index (χ1) is 20.5. The first-order valence-corrected chi connectivity index (χ1v) is 14.6. The van der Waals surface area contributed by atoms with Gasteiger partial charge in [0.25, 0.3) is 0 Å². The van der Waals surface area contributed by atoms with Crippen LogP contribution < -0.4 is 10.6 Å². The first-order valence-electron chi connectivity index (χ1n) is 14.2. The van der Waals surface area contributed by atoms with E-state index in [9.17, 15) is 24.3 Å². The fraction of sp³-hybridized carbons (Fsp3) is 0.375. The van der Waals surface area contributed by atoms with Crippen LogP contribution in [0.25, 0.3) is 10.9 Å². The number of phenols is 1. The van der Waals surface area contributed by atoms with Crippen molar-refractivity contribution in [1.29, 1.82) is 0 Å². The summed E-state index contributed by atoms with van der Waals surface area (Å²) in [5.74, 6) is -1.91. The van der Waals surface area contributed by atoms with Crippen molar-refractivity contribution in [2.45, 2.75) is 64.1 Å². The number of para-hydroxylation sites is 1. The number of carbonyl (C=O) groups is 4. The van der Waals surface area contributed by atoms with Crippen molar-refractivity contribution in [3.8, 4) is 5.75 Å². The summed E-state index contributed by atoms with van der Waals surface area (Å²) in [6, 6.07) is 9.34. The van der Waals surface area contributed by atoms with E-state index < -0.39 is 35.9 Å². The Hall–Kier alpha value is -4.31. The average Bonchev–Trinajstić information content (AvgIpc) is 3.39. The monoisotopic (exact) mass is 608 g/mol. The molecule has 0 aliphatic carbocycles. The number of amides is 3. The highest BCUT2D eigenvalue weighted by molar-refractivity contribution is 6.32. The number of halogens is 1. The minimum atomic E-state index is -0.999. The van der Waals surface area contributed by atoms with Gasteiger partial charge in [0.05, 0.1) is 24.1 Å². The van der Waals surface area contributed by atoms with E-state index in [1.807, 2.05) is 37.3 Å². The quantitative estimate of drug-likeness (QED) is 0.258. The van der Waals surface area contributed by atoms with Crippen LogP contribution in [0.1, 0.15) is 56.7 Å². The molecule has 10 nitrogen and oxygen atoms in total. The predicted molar refractivity (Wildman–Crippen MR) is 163 cm³/mol. The lowest BCUT2D eigenvalue weighted by Crippen LogP contribution is -2.54. The summed E-state index contributed by atoms with van der Waals surface area (Å²) in [6.45, 7) is 3.62. The van der Waals surface area contributed by atoms with Crippen molar-refractivity contribution >= 4 is 46.2 Å². The van der Waals surface area contributed by atoms with Gasteiger partial charge in [-0.05, 0) is 56.0 Å². The molecule has 0 spiro atoms. The number of nitrogens with one attached hydrogen (secondary N) is 3. The molecule has 1 aliphatic heterocycles. The number of H-pyrrole nitrogens is 1. The van der Waals surface area contributed by atoms with Crippen LogP contribution in [0.2, 0.25) is 5.02 Å². The van der Waals surface area contributed by atoms with Crippen LogP contribution in [0, 0.1) is 0 Å². The predicted octanol–water partition coefficient (Wildman–Crippen LogP) is 4.32. The maximum atomic E-state index is 14.0. The summed E-state index contributed by atoms with van der Waals surface area (Å²) in [4.78, 5) is 57.7. The van der Waals surface area contributed by atoms with Crippen molar-refractivity contribution in [3.63, 3.8) is 0 Å². The number of carbonyl (C=O) groups excluding carboxylic acids is 4. The van der Waals surface area contributed by atoms with Gasteiger partial charge in [-0.3, -0.25) is 19.2 Å². The van der Waals surface area contributed by atoms with Gasteiger partial charge < -0.3 is 30.4 Å². The van der Waals surface area contributed by atoms with Crippen molar-refractivity contribution in [1.82, 2.24) is 20.5 Å². The van der Waals surface area contributed by atoms with Crippen LogP contribution in [0.4, 0.5) is 0 Å². The molecule has 2 heterocycles. The summed E-state index contributed by atoms with van der Waals surface area (Å²) >= 11 is 6.17. The molecule has 0 bridgehead atoms. The molecule has 0 saturated heterocycles.